The standard InChI is InChI=1S/C21H23N3O3S2/c1-3-27-14-7-5-13(6-8-14)22-17(25)11-28-21-23-19(26)18-15-9-4-12(2)10-16(15)29-20(18)24-21/h5-8,12H,3-4,9-11H2,1-2H3,(H,22,25)(H,23,24,26). The quantitative estimate of drug-likeness (QED) is 0.452. The number of aromatic nitrogens is 2. The molecule has 0 saturated carbocycles. The zero-order chi connectivity index (χ0) is 20.4. The number of ether oxygens (including phenoxy) is 1. The summed E-state index contributed by atoms with van der Waals surface area (Å²) in [6.45, 7) is 4.77. The van der Waals surface area contributed by atoms with Crippen molar-refractivity contribution < 1.29 is 9.53 Å². The lowest BCUT2D eigenvalue weighted by Gasteiger charge is -2.17. The molecule has 1 aliphatic carbocycles. The maximum absolute atomic E-state index is 12.6. The summed E-state index contributed by atoms with van der Waals surface area (Å²) >= 11 is 2.85. The minimum absolute atomic E-state index is 0.100. The largest absolute Gasteiger partial charge is 0.494 e. The number of fused-ring (bicyclic) bond motifs is 3. The first-order valence-corrected chi connectivity index (χ1v) is 11.5. The summed E-state index contributed by atoms with van der Waals surface area (Å²) in [6, 6.07) is 7.24. The summed E-state index contributed by atoms with van der Waals surface area (Å²) in [6.07, 6.45) is 3.07. The van der Waals surface area contributed by atoms with Crippen LogP contribution in [0.3, 0.4) is 0 Å². The zero-order valence-corrected chi connectivity index (χ0v) is 18.0. The molecule has 2 N–H and O–H groups in total. The molecule has 8 heteroatoms. The topological polar surface area (TPSA) is 84.1 Å². The summed E-state index contributed by atoms with van der Waals surface area (Å²) in [7, 11) is 0. The van der Waals surface area contributed by atoms with Crippen molar-refractivity contribution in [2.24, 2.45) is 5.92 Å². The van der Waals surface area contributed by atoms with E-state index in [4.69, 9.17) is 4.74 Å². The minimum atomic E-state index is -0.152. The van der Waals surface area contributed by atoms with Gasteiger partial charge in [0.2, 0.25) is 5.91 Å². The maximum atomic E-state index is 12.6. The van der Waals surface area contributed by atoms with Crippen LogP contribution in [0.15, 0.2) is 34.2 Å². The van der Waals surface area contributed by atoms with E-state index in [1.165, 1.54) is 22.2 Å². The molecule has 0 saturated heterocycles. The van der Waals surface area contributed by atoms with Gasteiger partial charge in [-0.2, -0.15) is 0 Å². The third kappa shape index (κ3) is 4.48. The van der Waals surface area contributed by atoms with Crippen LogP contribution >= 0.6 is 23.1 Å². The van der Waals surface area contributed by atoms with Crippen molar-refractivity contribution in [3.8, 4) is 5.75 Å². The molecule has 0 bridgehead atoms. The zero-order valence-electron chi connectivity index (χ0n) is 16.4. The van der Waals surface area contributed by atoms with Crippen molar-refractivity contribution in [2.75, 3.05) is 17.7 Å². The lowest BCUT2D eigenvalue weighted by Crippen LogP contribution is -2.16. The molecule has 3 aromatic rings. The first-order chi connectivity index (χ1) is 14.0. The van der Waals surface area contributed by atoms with Gasteiger partial charge in [0.1, 0.15) is 10.6 Å². The summed E-state index contributed by atoms with van der Waals surface area (Å²) in [5.41, 5.74) is 1.77. The molecule has 1 atom stereocenters. The molecular weight excluding hydrogens is 406 g/mol. The number of nitrogens with zero attached hydrogens (tertiary/aromatic N) is 1. The Kier molecular flexibility index (Phi) is 5.91. The summed E-state index contributed by atoms with van der Waals surface area (Å²) in [4.78, 5) is 34.4. The number of hydrogen-bond donors (Lipinski definition) is 2. The Hall–Kier alpha value is -2.32. The Morgan fingerprint density at radius 3 is 2.93 bits per heavy atom. The molecule has 0 radical (unpaired) electrons. The van der Waals surface area contributed by atoms with E-state index < -0.39 is 0 Å². The van der Waals surface area contributed by atoms with Crippen LogP contribution in [0.4, 0.5) is 5.69 Å². The molecule has 1 aromatic carbocycles. The fourth-order valence-electron chi connectivity index (χ4n) is 3.53. The van der Waals surface area contributed by atoms with Gasteiger partial charge in [0, 0.05) is 10.6 Å². The molecule has 2 aromatic heterocycles. The highest BCUT2D eigenvalue weighted by atomic mass is 32.2. The second kappa shape index (κ2) is 8.59. The Balaban J connectivity index is 1.43. The molecule has 2 heterocycles. The van der Waals surface area contributed by atoms with Gasteiger partial charge in [0.15, 0.2) is 5.16 Å². The summed E-state index contributed by atoms with van der Waals surface area (Å²) < 4.78 is 5.40. The second-order valence-corrected chi connectivity index (χ2v) is 9.24. The minimum Gasteiger partial charge on any atom is -0.494 e. The predicted octanol–water partition coefficient (Wildman–Crippen LogP) is 4.24. The molecular formula is C21H23N3O3S2. The van der Waals surface area contributed by atoms with E-state index in [9.17, 15) is 9.59 Å². The van der Waals surface area contributed by atoms with Crippen molar-refractivity contribution >= 4 is 44.9 Å². The molecule has 1 unspecified atom stereocenters. The SMILES string of the molecule is CCOc1ccc(NC(=O)CSc2nc3sc4c(c3c(=O)[nH]2)CCC(C)C4)cc1. The second-order valence-electron chi connectivity index (χ2n) is 7.20. The van der Waals surface area contributed by atoms with E-state index in [1.54, 1.807) is 23.5 Å². The van der Waals surface area contributed by atoms with Gasteiger partial charge in [-0.1, -0.05) is 18.7 Å². The van der Waals surface area contributed by atoms with Crippen LogP contribution in [-0.4, -0.2) is 28.2 Å². The van der Waals surface area contributed by atoms with Crippen LogP contribution in [0, 0.1) is 5.92 Å². The van der Waals surface area contributed by atoms with Gasteiger partial charge in [-0.15, -0.1) is 11.3 Å². The van der Waals surface area contributed by atoms with Crippen molar-refractivity contribution in [1.82, 2.24) is 9.97 Å². The molecule has 0 aliphatic heterocycles. The van der Waals surface area contributed by atoms with Crippen LogP contribution < -0.4 is 15.6 Å². The number of H-pyrrole nitrogens is 1. The number of thiophene rings is 1. The third-order valence-electron chi connectivity index (χ3n) is 4.93. The average Bonchev–Trinajstić information content (AvgIpc) is 3.06. The Bertz CT molecular complexity index is 1090. The molecule has 0 spiro atoms. The number of carbonyl (C=O) groups is 1. The van der Waals surface area contributed by atoms with E-state index >= 15 is 0 Å². The van der Waals surface area contributed by atoms with Gasteiger partial charge in [-0.3, -0.25) is 9.59 Å². The van der Waals surface area contributed by atoms with Crippen LogP contribution in [0.5, 0.6) is 5.75 Å². The molecule has 29 heavy (non-hydrogen) atoms. The maximum Gasteiger partial charge on any atom is 0.260 e. The first-order valence-electron chi connectivity index (χ1n) is 9.73. The molecule has 1 amide bonds. The lowest BCUT2D eigenvalue weighted by molar-refractivity contribution is -0.113. The smallest absolute Gasteiger partial charge is 0.260 e. The lowest BCUT2D eigenvalue weighted by atomic mass is 9.89. The van der Waals surface area contributed by atoms with Crippen LogP contribution in [-0.2, 0) is 17.6 Å². The number of thioether (sulfide) groups is 1. The molecule has 1 aliphatic rings. The monoisotopic (exact) mass is 429 g/mol. The number of nitrogens with one attached hydrogen (secondary N) is 2. The number of aryl methyl sites for hydroxylation is 1. The molecule has 0 fully saturated rings. The van der Waals surface area contributed by atoms with Crippen molar-refractivity contribution in [2.45, 2.75) is 38.3 Å². The summed E-state index contributed by atoms with van der Waals surface area (Å²) in [5.74, 6) is 1.43. The van der Waals surface area contributed by atoms with Crippen LogP contribution in [0.2, 0.25) is 0 Å². The number of amides is 1. The van der Waals surface area contributed by atoms with E-state index in [1.807, 2.05) is 19.1 Å². The van der Waals surface area contributed by atoms with Crippen molar-refractivity contribution in [3.63, 3.8) is 0 Å². The number of benzene rings is 1. The normalized spacial score (nSPS) is 15.9. The highest BCUT2D eigenvalue weighted by molar-refractivity contribution is 7.99. The Morgan fingerprint density at radius 2 is 2.17 bits per heavy atom. The van der Waals surface area contributed by atoms with Gasteiger partial charge in [-0.05, 0) is 61.9 Å². The van der Waals surface area contributed by atoms with Crippen LogP contribution in [0.25, 0.3) is 10.2 Å². The molecule has 152 valence electrons. The van der Waals surface area contributed by atoms with Gasteiger partial charge < -0.3 is 15.0 Å². The van der Waals surface area contributed by atoms with Crippen LogP contribution in [0.1, 0.15) is 30.7 Å². The fraction of sp³-hybridized carbons (Fsp3) is 0.381. The Morgan fingerprint density at radius 1 is 1.38 bits per heavy atom. The third-order valence-corrected chi connectivity index (χ3v) is 6.95. The fourth-order valence-corrected chi connectivity index (χ4v) is 5.63. The van der Waals surface area contributed by atoms with Gasteiger partial charge in [-0.25, -0.2) is 4.98 Å². The first kappa shape index (κ1) is 20.0. The predicted molar refractivity (Wildman–Crippen MR) is 118 cm³/mol. The molecule has 4 rings (SSSR count). The van der Waals surface area contributed by atoms with Gasteiger partial charge in [0.25, 0.3) is 5.56 Å². The van der Waals surface area contributed by atoms with Crippen molar-refractivity contribution in [3.05, 3.63) is 45.1 Å². The number of hydrogen-bond acceptors (Lipinski definition) is 6. The Labute approximate surface area is 177 Å². The number of aromatic amines is 1. The highest BCUT2D eigenvalue weighted by Gasteiger charge is 2.23. The molecule has 6 nitrogen and oxygen atoms in total. The van der Waals surface area contributed by atoms with E-state index in [2.05, 4.69) is 22.2 Å². The van der Waals surface area contributed by atoms with E-state index in [0.717, 1.165) is 35.2 Å². The van der Waals surface area contributed by atoms with E-state index in [-0.39, 0.29) is 17.2 Å². The number of carbonyl (C=O) groups excluding carboxylic acids is 1. The van der Waals surface area contributed by atoms with Gasteiger partial charge in [0.05, 0.1) is 17.7 Å². The average molecular weight is 430 g/mol. The van der Waals surface area contributed by atoms with Crippen molar-refractivity contribution in [1.29, 1.82) is 0 Å². The highest BCUT2D eigenvalue weighted by Crippen LogP contribution is 2.36. The summed E-state index contributed by atoms with van der Waals surface area (Å²) in [5, 5.41) is 4.06. The number of anilines is 1. The van der Waals surface area contributed by atoms with E-state index in [0.29, 0.717) is 23.4 Å². The number of rotatable bonds is 6. The van der Waals surface area contributed by atoms with Gasteiger partial charge >= 0.3 is 0 Å².